The van der Waals surface area contributed by atoms with Crippen LogP contribution in [0.15, 0.2) is 53.4 Å². The topological polar surface area (TPSA) is 12.0 Å². The summed E-state index contributed by atoms with van der Waals surface area (Å²) in [4.78, 5) is 1.46. The molecule has 2 heteroatoms. The number of rotatable bonds is 4. The zero-order chi connectivity index (χ0) is 13.9. The summed E-state index contributed by atoms with van der Waals surface area (Å²) >= 11 is 1.99. The van der Waals surface area contributed by atoms with E-state index < -0.39 is 0 Å². The molecule has 3 rings (SSSR count). The monoisotopic (exact) mass is 283 g/mol. The first-order chi connectivity index (χ1) is 9.74. The summed E-state index contributed by atoms with van der Waals surface area (Å²) in [5, 5.41) is 3.69. The minimum atomic E-state index is 0.411. The van der Waals surface area contributed by atoms with Crippen molar-refractivity contribution in [2.24, 2.45) is 0 Å². The molecule has 0 amide bonds. The van der Waals surface area contributed by atoms with Gasteiger partial charge in [0.1, 0.15) is 0 Å². The average molecular weight is 283 g/mol. The molecule has 2 aromatic carbocycles. The summed E-state index contributed by atoms with van der Waals surface area (Å²) in [6.45, 7) is 5.44. The van der Waals surface area contributed by atoms with Crippen molar-refractivity contribution in [1.82, 2.24) is 5.32 Å². The van der Waals surface area contributed by atoms with Gasteiger partial charge in [-0.3, -0.25) is 0 Å². The largest absolute Gasteiger partial charge is 0.310 e. The predicted molar refractivity (Wildman–Crippen MR) is 87.5 cm³/mol. The van der Waals surface area contributed by atoms with Crippen LogP contribution < -0.4 is 5.32 Å². The minimum Gasteiger partial charge on any atom is -0.310 e. The van der Waals surface area contributed by atoms with Crippen LogP contribution in [-0.4, -0.2) is 12.3 Å². The molecule has 1 aliphatic heterocycles. The van der Waals surface area contributed by atoms with Crippen LogP contribution in [0.3, 0.4) is 0 Å². The molecule has 0 radical (unpaired) electrons. The highest BCUT2D eigenvalue weighted by Crippen LogP contribution is 2.39. The summed E-state index contributed by atoms with van der Waals surface area (Å²) in [6, 6.07) is 18.0. The molecule has 1 aliphatic rings. The van der Waals surface area contributed by atoms with E-state index >= 15 is 0 Å². The molecule has 0 aromatic heterocycles. The van der Waals surface area contributed by atoms with Gasteiger partial charge in [-0.25, -0.2) is 0 Å². The van der Waals surface area contributed by atoms with E-state index in [-0.39, 0.29) is 0 Å². The number of hydrogen-bond acceptors (Lipinski definition) is 2. The Morgan fingerprint density at radius 2 is 1.90 bits per heavy atom. The number of hydrogen-bond donors (Lipinski definition) is 1. The van der Waals surface area contributed by atoms with Crippen LogP contribution in [0.2, 0.25) is 0 Å². The van der Waals surface area contributed by atoms with Crippen molar-refractivity contribution in [3.05, 3.63) is 65.2 Å². The number of benzene rings is 2. The summed E-state index contributed by atoms with van der Waals surface area (Å²) < 4.78 is 0. The molecule has 0 saturated carbocycles. The normalized spacial score (nSPS) is 18.8. The predicted octanol–water partition coefficient (Wildman–Crippen LogP) is 4.54. The lowest BCUT2D eigenvalue weighted by Gasteiger charge is -2.18. The summed E-state index contributed by atoms with van der Waals surface area (Å²) in [5.74, 6) is 1.84. The molecule has 0 fully saturated rings. The molecule has 2 unspecified atom stereocenters. The highest BCUT2D eigenvalue weighted by molar-refractivity contribution is 7.99. The first-order valence-electron chi connectivity index (χ1n) is 7.25. The molecule has 0 bridgehead atoms. The van der Waals surface area contributed by atoms with Gasteiger partial charge in [0.05, 0.1) is 0 Å². The number of nitrogens with one attached hydrogen (secondary N) is 1. The summed E-state index contributed by atoms with van der Waals surface area (Å²) in [5.41, 5.74) is 4.21. The van der Waals surface area contributed by atoms with Crippen LogP contribution in [0, 0.1) is 6.92 Å². The van der Waals surface area contributed by atoms with Gasteiger partial charge >= 0.3 is 0 Å². The first kappa shape index (κ1) is 13.7. The van der Waals surface area contributed by atoms with Crippen LogP contribution in [0.4, 0.5) is 0 Å². The van der Waals surface area contributed by atoms with Crippen molar-refractivity contribution in [3.63, 3.8) is 0 Å². The summed E-state index contributed by atoms with van der Waals surface area (Å²) in [6.07, 6.45) is 0. The number of thioether (sulfide) groups is 1. The zero-order valence-electron chi connectivity index (χ0n) is 12.1. The van der Waals surface area contributed by atoms with E-state index in [1.54, 1.807) is 0 Å². The Hall–Kier alpha value is -1.25. The van der Waals surface area contributed by atoms with Crippen molar-refractivity contribution < 1.29 is 0 Å². The van der Waals surface area contributed by atoms with Gasteiger partial charge < -0.3 is 5.32 Å². The third-order valence-electron chi connectivity index (χ3n) is 4.05. The second-order valence-electron chi connectivity index (χ2n) is 5.59. The van der Waals surface area contributed by atoms with Crippen molar-refractivity contribution in [2.75, 3.05) is 12.3 Å². The van der Waals surface area contributed by atoms with E-state index in [0.717, 1.165) is 6.54 Å². The van der Waals surface area contributed by atoms with Crippen LogP contribution in [0.1, 0.15) is 35.6 Å². The lowest BCUT2D eigenvalue weighted by molar-refractivity contribution is 0.541. The fourth-order valence-corrected chi connectivity index (χ4v) is 3.94. The molecule has 1 N–H and O–H groups in total. The Balaban J connectivity index is 1.62. The molecule has 2 aromatic rings. The van der Waals surface area contributed by atoms with Crippen LogP contribution in [0.25, 0.3) is 0 Å². The van der Waals surface area contributed by atoms with E-state index in [2.05, 4.69) is 67.7 Å². The lowest BCUT2D eigenvalue weighted by atomic mass is 10.00. The molecule has 104 valence electrons. The summed E-state index contributed by atoms with van der Waals surface area (Å²) in [7, 11) is 0. The Morgan fingerprint density at radius 3 is 2.70 bits per heavy atom. The quantitative estimate of drug-likeness (QED) is 0.884. The average Bonchev–Trinajstić information content (AvgIpc) is 2.89. The van der Waals surface area contributed by atoms with Gasteiger partial charge in [0.25, 0.3) is 0 Å². The molecular formula is C18H21NS. The van der Waals surface area contributed by atoms with E-state index in [1.807, 2.05) is 11.8 Å². The SMILES string of the molecule is Cc1ccc(C(C)NCC2CSc3ccccc32)cc1. The van der Waals surface area contributed by atoms with E-state index in [9.17, 15) is 0 Å². The van der Waals surface area contributed by atoms with Gasteiger partial charge in [-0.1, -0.05) is 48.0 Å². The van der Waals surface area contributed by atoms with Gasteiger partial charge in [-0.15, -0.1) is 11.8 Å². The standard InChI is InChI=1S/C18H21NS/c1-13-7-9-15(10-8-13)14(2)19-11-16-12-20-18-6-4-3-5-17(16)18/h3-10,14,16,19H,11-12H2,1-2H3. The highest BCUT2D eigenvalue weighted by atomic mass is 32.2. The van der Waals surface area contributed by atoms with Gasteiger partial charge in [0, 0.05) is 29.2 Å². The van der Waals surface area contributed by atoms with Crippen LogP contribution in [-0.2, 0) is 0 Å². The zero-order valence-corrected chi connectivity index (χ0v) is 12.9. The Bertz CT molecular complexity index is 576. The van der Waals surface area contributed by atoms with Crippen LogP contribution in [0.5, 0.6) is 0 Å². The van der Waals surface area contributed by atoms with Gasteiger partial charge in [-0.2, -0.15) is 0 Å². The molecule has 0 spiro atoms. The Morgan fingerprint density at radius 1 is 1.15 bits per heavy atom. The third-order valence-corrected chi connectivity index (χ3v) is 5.30. The Kier molecular flexibility index (Phi) is 4.13. The minimum absolute atomic E-state index is 0.411. The Labute approximate surface area is 125 Å². The van der Waals surface area contributed by atoms with E-state index in [4.69, 9.17) is 0 Å². The fraction of sp³-hybridized carbons (Fsp3) is 0.333. The maximum Gasteiger partial charge on any atom is 0.0292 e. The van der Waals surface area contributed by atoms with E-state index in [0.29, 0.717) is 12.0 Å². The second kappa shape index (κ2) is 6.02. The second-order valence-corrected chi connectivity index (χ2v) is 6.65. The maximum absolute atomic E-state index is 3.69. The van der Waals surface area contributed by atoms with Gasteiger partial charge in [0.2, 0.25) is 0 Å². The first-order valence-corrected chi connectivity index (χ1v) is 8.24. The molecule has 1 nitrogen and oxygen atoms in total. The molecular weight excluding hydrogens is 262 g/mol. The molecule has 20 heavy (non-hydrogen) atoms. The number of aryl methyl sites for hydroxylation is 1. The third kappa shape index (κ3) is 2.92. The van der Waals surface area contributed by atoms with Crippen molar-refractivity contribution in [2.45, 2.75) is 30.7 Å². The van der Waals surface area contributed by atoms with Crippen molar-refractivity contribution in [3.8, 4) is 0 Å². The van der Waals surface area contributed by atoms with Crippen molar-refractivity contribution in [1.29, 1.82) is 0 Å². The lowest BCUT2D eigenvalue weighted by Crippen LogP contribution is -2.24. The number of fused-ring (bicyclic) bond motifs is 1. The maximum atomic E-state index is 3.69. The fourth-order valence-electron chi connectivity index (χ4n) is 2.69. The van der Waals surface area contributed by atoms with Crippen LogP contribution >= 0.6 is 11.8 Å². The smallest absolute Gasteiger partial charge is 0.0292 e. The highest BCUT2D eigenvalue weighted by Gasteiger charge is 2.22. The molecule has 0 aliphatic carbocycles. The van der Waals surface area contributed by atoms with Gasteiger partial charge in [-0.05, 0) is 31.0 Å². The van der Waals surface area contributed by atoms with Crippen molar-refractivity contribution >= 4 is 11.8 Å². The van der Waals surface area contributed by atoms with Gasteiger partial charge in [0.15, 0.2) is 0 Å². The molecule has 2 atom stereocenters. The molecule has 1 heterocycles. The van der Waals surface area contributed by atoms with E-state index in [1.165, 1.54) is 27.3 Å². The molecule has 0 saturated heterocycles.